The summed E-state index contributed by atoms with van der Waals surface area (Å²) in [4.78, 5) is 0. The third-order valence-corrected chi connectivity index (χ3v) is 0.716. The zero-order valence-electron chi connectivity index (χ0n) is 5.20. The highest BCUT2D eigenvalue weighted by molar-refractivity contribution is 5.13. The van der Waals surface area contributed by atoms with Crippen molar-refractivity contribution in [3.63, 3.8) is 0 Å². The van der Waals surface area contributed by atoms with Crippen LogP contribution in [0.15, 0.2) is 11.9 Å². The Morgan fingerprint density at radius 1 is 1.89 bits per heavy atom. The first kappa shape index (κ1) is 8.16. The van der Waals surface area contributed by atoms with Gasteiger partial charge in [0.05, 0.1) is 0 Å². The Balaban J connectivity index is 3.66. The molecule has 0 saturated heterocycles. The standard InChI is InChI=1S/C7H8F2/c1-3-4-7(9)5-6(2)8/h1,4,6H,5H2,2H3/b7-4+. The van der Waals surface area contributed by atoms with Crippen LogP contribution in [0.25, 0.3) is 0 Å². The molecule has 0 spiro atoms. The first-order valence-corrected chi connectivity index (χ1v) is 2.61. The Labute approximate surface area is 53.6 Å². The number of rotatable bonds is 2. The van der Waals surface area contributed by atoms with Crippen molar-refractivity contribution in [2.75, 3.05) is 0 Å². The van der Waals surface area contributed by atoms with Gasteiger partial charge in [0, 0.05) is 12.5 Å². The van der Waals surface area contributed by atoms with Crippen LogP contribution in [0.5, 0.6) is 0 Å². The van der Waals surface area contributed by atoms with Gasteiger partial charge in [-0.05, 0) is 6.92 Å². The molecular formula is C7H8F2. The van der Waals surface area contributed by atoms with Crippen molar-refractivity contribution >= 4 is 0 Å². The number of terminal acetylenes is 1. The molecular weight excluding hydrogens is 122 g/mol. The molecule has 0 radical (unpaired) electrons. The van der Waals surface area contributed by atoms with Gasteiger partial charge in [-0.2, -0.15) is 0 Å². The van der Waals surface area contributed by atoms with Crippen molar-refractivity contribution in [1.82, 2.24) is 0 Å². The third-order valence-electron chi connectivity index (χ3n) is 0.716. The van der Waals surface area contributed by atoms with E-state index in [1.54, 1.807) is 0 Å². The van der Waals surface area contributed by atoms with Crippen molar-refractivity contribution in [2.24, 2.45) is 0 Å². The van der Waals surface area contributed by atoms with Gasteiger partial charge in [-0.25, -0.2) is 8.78 Å². The molecule has 0 aliphatic heterocycles. The lowest BCUT2D eigenvalue weighted by molar-refractivity contribution is 0.339. The van der Waals surface area contributed by atoms with E-state index in [0.717, 1.165) is 6.08 Å². The lowest BCUT2D eigenvalue weighted by Gasteiger charge is -1.94. The maximum Gasteiger partial charge on any atom is 0.111 e. The molecule has 50 valence electrons. The van der Waals surface area contributed by atoms with Crippen LogP contribution in [0.1, 0.15) is 13.3 Å². The molecule has 0 fully saturated rings. The van der Waals surface area contributed by atoms with E-state index in [4.69, 9.17) is 6.42 Å². The summed E-state index contributed by atoms with van der Waals surface area (Å²) in [5.41, 5.74) is 0. The second kappa shape index (κ2) is 4.08. The number of halogens is 2. The van der Waals surface area contributed by atoms with Gasteiger partial charge in [-0.15, -0.1) is 6.42 Å². The zero-order chi connectivity index (χ0) is 7.28. The van der Waals surface area contributed by atoms with E-state index in [9.17, 15) is 8.78 Å². The van der Waals surface area contributed by atoms with Crippen molar-refractivity contribution in [1.29, 1.82) is 0 Å². The fourth-order valence-corrected chi connectivity index (χ4v) is 0.418. The summed E-state index contributed by atoms with van der Waals surface area (Å²) in [6.45, 7) is 1.28. The smallest absolute Gasteiger partial charge is 0.111 e. The summed E-state index contributed by atoms with van der Waals surface area (Å²) >= 11 is 0. The fourth-order valence-electron chi connectivity index (χ4n) is 0.418. The molecule has 0 heterocycles. The highest BCUT2D eigenvalue weighted by atomic mass is 19.1. The van der Waals surface area contributed by atoms with Gasteiger partial charge in [0.2, 0.25) is 0 Å². The lowest BCUT2D eigenvalue weighted by Crippen LogP contribution is -1.90. The Morgan fingerprint density at radius 3 is 2.78 bits per heavy atom. The van der Waals surface area contributed by atoms with Gasteiger partial charge in [0.15, 0.2) is 0 Å². The molecule has 0 nitrogen and oxygen atoms in total. The van der Waals surface area contributed by atoms with E-state index in [1.165, 1.54) is 6.92 Å². The van der Waals surface area contributed by atoms with E-state index >= 15 is 0 Å². The maximum atomic E-state index is 12.1. The van der Waals surface area contributed by atoms with E-state index in [0.29, 0.717) is 0 Å². The minimum atomic E-state index is -1.16. The van der Waals surface area contributed by atoms with Crippen LogP contribution in [0, 0.1) is 12.3 Å². The molecule has 0 aromatic rings. The molecule has 0 aliphatic carbocycles. The normalized spacial score (nSPS) is 14.7. The van der Waals surface area contributed by atoms with E-state index in [1.807, 2.05) is 5.92 Å². The Hall–Kier alpha value is -0.840. The Kier molecular flexibility index (Phi) is 3.70. The average Bonchev–Trinajstić information content (AvgIpc) is 1.63. The van der Waals surface area contributed by atoms with Gasteiger partial charge < -0.3 is 0 Å². The molecule has 0 amide bonds. The highest BCUT2D eigenvalue weighted by Gasteiger charge is 2.00. The summed E-state index contributed by atoms with van der Waals surface area (Å²) in [6, 6.07) is 0. The number of hydrogen-bond acceptors (Lipinski definition) is 0. The molecule has 2 heteroatoms. The minimum absolute atomic E-state index is 0.218. The van der Waals surface area contributed by atoms with Crippen molar-refractivity contribution in [3.05, 3.63) is 11.9 Å². The second-order valence-corrected chi connectivity index (χ2v) is 1.74. The van der Waals surface area contributed by atoms with Crippen LogP contribution in [-0.2, 0) is 0 Å². The van der Waals surface area contributed by atoms with Crippen LogP contribution >= 0.6 is 0 Å². The van der Waals surface area contributed by atoms with Gasteiger partial charge >= 0.3 is 0 Å². The minimum Gasteiger partial charge on any atom is -0.247 e. The molecule has 0 bridgehead atoms. The predicted molar refractivity (Wildman–Crippen MR) is 33.2 cm³/mol. The molecule has 0 N–H and O–H groups in total. The van der Waals surface area contributed by atoms with E-state index < -0.39 is 12.0 Å². The largest absolute Gasteiger partial charge is 0.247 e. The van der Waals surface area contributed by atoms with Crippen LogP contribution < -0.4 is 0 Å². The SMILES string of the molecule is C#C/C=C(/F)CC(C)F. The monoisotopic (exact) mass is 130 g/mol. The summed E-state index contributed by atoms with van der Waals surface area (Å²) in [5, 5.41) is 0. The van der Waals surface area contributed by atoms with Crippen LogP contribution in [-0.4, -0.2) is 6.17 Å². The van der Waals surface area contributed by atoms with E-state index in [-0.39, 0.29) is 6.42 Å². The molecule has 0 aromatic carbocycles. The topological polar surface area (TPSA) is 0 Å². The van der Waals surface area contributed by atoms with Crippen molar-refractivity contribution in [3.8, 4) is 12.3 Å². The maximum absolute atomic E-state index is 12.1. The molecule has 0 aromatic heterocycles. The predicted octanol–water partition coefficient (Wildman–Crippen LogP) is 2.22. The molecule has 1 atom stereocenters. The summed E-state index contributed by atoms with van der Waals surface area (Å²) < 4.78 is 24.1. The van der Waals surface area contributed by atoms with Gasteiger partial charge in [-0.1, -0.05) is 5.92 Å². The molecule has 0 saturated carbocycles. The van der Waals surface area contributed by atoms with Crippen molar-refractivity contribution in [2.45, 2.75) is 19.5 Å². The van der Waals surface area contributed by atoms with Crippen LogP contribution in [0.3, 0.4) is 0 Å². The molecule has 0 rings (SSSR count). The Morgan fingerprint density at radius 2 is 2.44 bits per heavy atom. The van der Waals surface area contributed by atoms with Gasteiger partial charge in [0.1, 0.15) is 12.0 Å². The number of allylic oxidation sites excluding steroid dienone is 2. The molecule has 1 unspecified atom stereocenters. The first-order valence-electron chi connectivity index (χ1n) is 2.61. The van der Waals surface area contributed by atoms with Crippen LogP contribution in [0.4, 0.5) is 8.78 Å². The molecule has 9 heavy (non-hydrogen) atoms. The first-order chi connectivity index (χ1) is 4.16. The average molecular weight is 130 g/mol. The second-order valence-electron chi connectivity index (χ2n) is 1.74. The number of hydrogen-bond donors (Lipinski definition) is 0. The quantitative estimate of drug-likeness (QED) is 0.503. The third kappa shape index (κ3) is 5.02. The van der Waals surface area contributed by atoms with Gasteiger partial charge in [0.25, 0.3) is 0 Å². The van der Waals surface area contributed by atoms with E-state index in [2.05, 4.69) is 0 Å². The summed E-state index contributed by atoms with van der Waals surface area (Å²) in [5.74, 6) is 1.39. The number of alkyl halides is 1. The van der Waals surface area contributed by atoms with Gasteiger partial charge in [-0.3, -0.25) is 0 Å². The summed E-state index contributed by atoms with van der Waals surface area (Å²) in [6.07, 6.45) is 4.27. The zero-order valence-corrected chi connectivity index (χ0v) is 5.20. The molecule has 0 aliphatic rings. The van der Waals surface area contributed by atoms with Crippen LogP contribution in [0.2, 0.25) is 0 Å². The fraction of sp³-hybridized carbons (Fsp3) is 0.429. The summed E-state index contributed by atoms with van der Waals surface area (Å²) in [7, 11) is 0. The lowest BCUT2D eigenvalue weighted by atomic mass is 10.3. The highest BCUT2D eigenvalue weighted by Crippen LogP contribution is 2.07. The Bertz CT molecular complexity index is 139. The van der Waals surface area contributed by atoms with Crippen molar-refractivity contribution < 1.29 is 8.78 Å².